The van der Waals surface area contributed by atoms with E-state index in [0.717, 1.165) is 19.6 Å². The largest absolute Gasteiger partial charge is 0.382 e. The van der Waals surface area contributed by atoms with E-state index in [0.29, 0.717) is 6.42 Å². The molecule has 0 saturated carbocycles. The molecule has 0 heterocycles. The summed E-state index contributed by atoms with van der Waals surface area (Å²) in [6.45, 7) is 3.48. The topological polar surface area (TPSA) is 33.0 Å². The van der Waals surface area contributed by atoms with Crippen LogP contribution >= 0.6 is 0 Å². The number of rotatable bonds is 5. The van der Waals surface area contributed by atoms with Crippen LogP contribution in [0.3, 0.4) is 0 Å². The van der Waals surface area contributed by atoms with Crippen molar-refractivity contribution < 1.29 is 4.74 Å². The summed E-state index contributed by atoms with van der Waals surface area (Å²) in [6.07, 6.45) is 3.35. The second kappa shape index (κ2) is 7.45. The van der Waals surface area contributed by atoms with Gasteiger partial charge in [0.2, 0.25) is 0 Å². The Morgan fingerprint density at radius 3 is 3.00 bits per heavy atom. The maximum absolute atomic E-state index is 8.10. The van der Waals surface area contributed by atoms with Gasteiger partial charge < -0.3 is 4.74 Å². The van der Waals surface area contributed by atoms with Crippen LogP contribution in [-0.4, -0.2) is 13.2 Å². The van der Waals surface area contributed by atoms with E-state index in [1.54, 1.807) is 0 Å². The first kappa shape index (κ1) is 8.45. The van der Waals surface area contributed by atoms with Gasteiger partial charge in [-0.3, -0.25) is 0 Å². The third-order valence-corrected chi connectivity index (χ3v) is 0.906. The van der Waals surface area contributed by atoms with E-state index in [2.05, 4.69) is 0 Å². The summed E-state index contributed by atoms with van der Waals surface area (Å²) < 4.78 is 5.04. The molecule has 0 unspecified atom stereocenters. The van der Waals surface area contributed by atoms with E-state index in [-0.39, 0.29) is 0 Å². The number of hydrogen-bond acceptors (Lipinski definition) is 2. The van der Waals surface area contributed by atoms with Crippen LogP contribution in [0.2, 0.25) is 0 Å². The summed E-state index contributed by atoms with van der Waals surface area (Å²) in [5, 5.41) is 8.10. The van der Waals surface area contributed by atoms with Gasteiger partial charge in [0.1, 0.15) is 0 Å². The SMILES string of the molecule is CCOCC[CH]CC#N. The highest BCUT2D eigenvalue weighted by Gasteiger charge is 1.85. The fourth-order valence-corrected chi connectivity index (χ4v) is 0.478. The van der Waals surface area contributed by atoms with Gasteiger partial charge in [-0.25, -0.2) is 0 Å². The second-order valence-electron chi connectivity index (χ2n) is 1.64. The summed E-state index contributed by atoms with van der Waals surface area (Å²) in [5.41, 5.74) is 0. The molecule has 0 aliphatic rings. The molecular formula is C7H12NO. The Labute approximate surface area is 56.4 Å². The standard InChI is InChI=1S/C7H12NO/c1-2-9-7-5-3-4-6-8/h3H,2,4-5,7H2,1H3. The van der Waals surface area contributed by atoms with Gasteiger partial charge in [0.25, 0.3) is 0 Å². The Morgan fingerprint density at radius 2 is 2.44 bits per heavy atom. The number of nitriles is 1. The fraction of sp³-hybridized carbons (Fsp3) is 0.714. The van der Waals surface area contributed by atoms with Crippen molar-refractivity contribution in [1.29, 1.82) is 5.26 Å². The monoisotopic (exact) mass is 126 g/mol. The van der Waals surface area contributed by atoms with Gasteiger partial charge in [-0.1, -0.05) is 0 Å². The molecule has 0 rings (SSSR count). The zero-order chi connectivity index (χ0) is 6.95. The van der Waals surface area contributed by atoms with Crippen molar-refractivity contribution >= 4 is 0 Å². The van der Waals surface area contributed by atoms with Crippen LogP contribution in [0.25, 0.3) is 0 Å². The summed E-state index contributed by atoms with van der Waals surface area (Å²) in [6, 6.07) is 2.03. The molecule has 0 atom stereocenters. The molecule has 0 aliphatic heterocycles. The van der Waals surface area contributed by atoms with Gasteiger partial charge in [0.05, 0.1) is 6.07 Å². The molecule has 2 heteroatoms. The molecule has 0 aliphatic carbocycles. The molecule has 0 aromatic carbocycles. The summed E-state index contributed by atoms with van der Waals surface area (Å²) in [7, 11) is 0. The van der Waals surface area contributed by atoms with Crippen molar-refractivity contribution in [3.05, 3.63) is 6.42 Å². The molecule has 0 aromatic heterocycles. The molecule has 9 heavy (non-hydrogen) atoms. The minimum atomic E-state index is 0.535. The Bertz CT molecular complexity index is 85.4. The first-order valence-corrected chi connectivity index (χ1v) is 3.18. The van der Waals surface area contributed by atoms with E-state index in [9.17, 15) is 0 Å². The molecule has 0 amide bonds. The minimum absolute atomic E-state index is 0.535. The zero-order valence-electron chi connectivity index (χ0n) is 5.76. The lowest BCUT2D eigenvalue weighted by atomic mass is 10.3. The highest BCUT2D eigenvalue weighted by atomic mass is 16.5. The first-order valence-electron chi connectivity index (χ1n) is 3.18. The maximum atomic E-state index is 8.10. The highest BCUT2D eigenvalue weighted by molar-refractivity contribution is 4.80. The third-order valence-electron chi connectivity index (χ3n) is 0.906. The average molecular weight is 126 g/mol. The van der Waals surface area contributed by atoms with Crippen molar-refractivity contribution in [1.82, 2.24) is 0 Å². The minimum Gasteiger partial charge on any atom is -0.382 e. The van der Waals surface area contributed by atoms with Crippen molar-refractivity contribution in [3.8, 4) is 6.07 Å². The van der Waals surface area contributed by atoms with Gasteiger partial charge in [0, 0.05) is 19.6 Å². The quantitative estimate of drug-likeness (QED) is 0.523. The first-order chi connectivity index (χ1) is 4.41. The van der Waals surface area contributed by atoms with Gasteiger partial charge >= 0.3 is 0 Å². The van der Waals surface area contributed by atoms with E-state index in [1.807, 2.05) is 19.4 Å². The highest BCUT2D eigenvalue weighted by Crippen LogP contribution is 1.91. The summed E-state index contributed by atoms with van der Waals surface area (Å²) >= 11 is 0. The molecular weight excluding hydrogens is 114 g/mol. The average Bonchev–Trinajstić information content (AvgIpc) is 1.89. The van der Waals surface area contributed by atoms with E-state index in [4.69, 9.17) is 10.00 Å². The summed E-state index contributed by atoms with van der Waals surface area (Å²) in [5.74, 6) is 0. The molecule has 0 aromatic rings. The van der Waals surface area contributed by atoms with Crippen LogP contribution in [0.1, 0.15) is 19.8 Å². The van der Waals surface area contributed by atoms with Gasteiger partial charge in [0.15, 0.2) is 0 Å². The van der Waals surface area contributed by atoms with Crippen LogP contribution < -0.4 is 0 Å². The molecule has 0 bridgehead atoms. The molecule has 0 fully saturated rings. The normalized spacial score (nSPS) is 8.89. The third kappa shape index (κ3) is 7.45. The zero-order valence-corrected chi connectivity index (χ0v) is 5.76. The van der Waals surface area contributed by atoms with E-state index in [1.165, 1.54) is 0 Å². The Kier molecular flexibility index (Phi) is 6.99. The van der Waals surface area contributed by atoms with Gasteiger partial charge in [-0.15, -0.1) is 0 Å². The lowest BCUT2D eigenvalue weighted by molar-refractivity contribution is 0.150. The van der Waals surface area contributed by atoms with Crippen molar-refractivity contribution in [2.24, 2.45) is 0 Å². The van der Waals surface area contributed by atoms with Crippen LogP contribution in [-0.2, 0) is 4.74 Å². The van der Waals surface area contributed by atoms with Crippen LogP contribution in [0.4, 0.5) is 0 Å². The van der Waals surface area contributed by atoms with Crippen molar-refractivity contribution in [2.45, 2.75) is 19.8 Å². The molecule has 51 valence electrons. The van der Waals surface area contributed by atoms with Crippen molar-refractivity contribution in [3.63, 3.8) is 0 Å². The Hall–Kier alpha value is -0.550. The Balaban J connectivity index is 2.69. The van der Waals surface area contributed by atoms with E-state index < -0.39 is 0 Å². The van der Waals surface area contributed by atoms with Crippen LogP contribution in [0.15, 0.2) is 0 Å². The van der Waals surface area contributed by atoms with Gasteiger partial charge in [-0.05, 0) is 19.8 Å². The fourth-order valence-electron chi connectivity index (χ4n) is 0.478. The predicted octanol–water partition coefficient (Wildman–Crippen LogP) is 1.53. The van der Waals surface area contributed by atoms with Crippen LogP contribution in [0, 0.1) is 17.8 Å². The molecule has 1 radical (unpaired) electrons. The van der Waals surface area contributed by atoms with Crippen molar-refractivity contribution in [2.75, 3.05) is 13.2 Å². The van der Waals surface area contributed by atoms with E-state index >= 15 is 0 Å². The maximum Gasteiger partial charge on any atom is 0.0624 e. The summed E-state index contributed by atoms with van der Waals surface area (Å²) in [4.78, 5) is 0. The molecule has 0 saturated heterocycles. The number of ether oxygens (including phenoxy) is 1. The predicted molar refractivity (Wildman–Crippen MR) is 35.6 cm³/mol. The lowest BCUT2D eigenvalue weighted by Gasteiger charge is -1.96. The smallest absolute Gasteiger partial charge is 0.0624 e. The molecule has 0 N–H and O–H groups in total. The second-order valence-corrected chi connectivity index (χ2v) is 1.64. The number of nitrogens with zero attached hydrogens (tertiary/aromatic N) is 1. The molecule has 0 spiro atoms. The van der Waals surface area contributed by atoms with Gasteiger partial charge in [-0.2, -0.15) is 5.26 Å². The Morgan fingerprint density at radius 1 is 1.67 bits per heavy atom. The van der Waals surface area contributed by atoms with Crippen LogP contribution in [0.5, 0.6) is 0 Å². The molecule has 2 nitrogen and oxygen atoms in total. The number of unbranched alkanes of at least 4 members (excludes halogenated alkanes) is 2. The lowest BCUT2D eigenvalue weighted by Crippen LogP contribution is -1.92. The number of hydrogen-bond donors (Lipinski definition) is 0.